The monoisotopic (exact) mass is 315 g/mol. The molecule has 4 nitrogen and oxygen atoms in total. The lowest BCUT2D eigenvalue weighted by Gasteiger charge is -2.09. The summed E-state index contributed by atoms with van der Waals surface area (Å²) in [5, 5.41) is 6.53. The van der Waals surface area contributed by atoms with Gasteiger partial charge in [0.05, 0.1) is 22.8 Å². The van der Waals surface area contributed by atoms with Crippen molar-refractivity contribution in [3.8, 4) is 0 Å². The van der Waals surface area contributed by atoms with Crippen molar-refractivity contribution in [2.24, 2.45) is 0 Å². The summed E-state index contributed by atoms with van der Waals surface area (Å²) in [6.45, 7) is 0.659. The number of benzene rings is 1. The molecule has 2 aromatic rings. The standard InChI is InChI=1S/C13H14FN3OS.ClH/c14-8-5-10(15-6-8)13(18)16-7-12-17-9-3-1-2-4-11(9)19-12;/h1-4,8,10,15H,5-7H2,(H,16,18);1H. The fraction of sp³-hybridized carbons (Fsp3) is 0.385. The largest absolute Gasteiger partial charge is 0.348 e. The van der Waals surface area contributed by atoms with Crippen LogP contribution in [0.1, 0.15) is 11.4 Å². The summed E-state index contributed by atoms with van der Waals surface area (Å²) in [5.74, 6) is -0.153. The minimum Gasteiger partial charge on any atom is -0.348 e. The van der Waals surface area contributed by atoms with E-state index in [4.69, 9.17) is 0 Å². The summed E-state index contributed by atoms with van der Waals surface area (Å²) >= 11 is 1.56. The van der Waals surface area contributed by atoms with E-state index in [2.05, 4.69) is 15.6 Å². The minimum absolute atomic E-state index is 0. The molecule has 1 fully saturated rings. The predicted molar refractivity (Wildman–Crippen MR) is 80.0 cm³/mol. The Morgan fingerprint density at radius 1 is 1.50 bits per heavy atom. The number of rotatable bonds is 3. The number of carbonyl (C=O) groups excluding carboxylic acids is 1. The van der Waals surface area contributed by atoms with Crippen LogP contribution >= 0.6 is 23.7 Å². The molecule has 3 rings (SSSR count). The highest BCUT2D eigenvalue weighted by atomic mass is 35.5. The molecule has 2 heterocycles. The van der Waals surface area contributed by atoms with E-state index in [0.29, 0.717) is 6.54 Å². The topological polar surface area (TPSA) is 54.0 Å². The molecule has 1 aliphatic rings. The maximum Gasteiger partial charge on any atom is 0.237 e. The molecule has 108 valence electrons. The molecule has 2 N–H and O–H groups in total. The van der Waals surface area contributed by atoms with Crippen molar-refractivity contribution in [2.45, 2.75) is 25.2 Å². The van der Waals surface area contributed by atoms with Crippen molar-refractivity contribution in [2.75, 3.05) is 6.54 Å². The van der Waals surface area contributed by atoms with Crippen molar-refractivity contribution < 1.29 is 9.18 Å². The van der Waals surface area contributed by atoms with Crippen LogP contribution in [0.3, 0.4) is 0 Å². The summed E-state index contributed by atoms with van der Waals surface area (Å²) in [4.78, 5) is 16.3. The number of nitrogens with zero attached hydrogens (tertiary/aromatic N) is 1. The van der Waals surface area contributed by atoms with Gasteiger partial charge in [0.15, 0.2) is 0 Å². The summed E-state index contributed by atoms with van der Waals surface area (Å²) in [6, 6.07) is 7.44. The Hall–Kier alpha value is -1.24. The zero-order chi connectivity index (χ0) is 13.2. The van der Waals surface area contributed by atoms with Crippen LogP contribution in [-0.2, 0) is 11.3 Å². The quantitative estimate of drug-likeness (QED) is 0.911. The van der Waals surface area contributed by atoms with Crippen LogP contribution in [-0.4, -0.2) is 29.6 Å². The fourth-order valence-electron chi connectivity index (χ4n) is 2.17. The van der Waals surface area contributed by atoms with Crippen molar-refractivity contribution in [1.82, 2.24) is 15.6 Å². The molecule has 0 radical (unpaired) electrons. The van der Waals surface area contributed by atoms with Gasteiger partial charge in [-0.05, 0) is 12.1 Å². The number of hydrogen-bond donors (Lipinski definition) is 2. The van der Waals surface area contributed by atoms with E-state index in [1.54, 1.807) is 11.3 Å². The molecule has 0 bridgehead atoms. The van der Waals surface area contributed by atoms with Crippen LogP contribution < -0.4 is 10.6 Å². The first-order chi connectivity index (χ1) is 9.22. The highest BCUT2D eigenvalue weighted by Gasteiger charge is 2.28. The smallest absolute Gasteiger partial charge is 0.237 e. The number of alkyl halides is 1. The zero-order valence-electron chi connectivity index (χ0n) is 10.6. The first-order valence-electron chi connectivity index (χ1n) is 6.22. The molecule has 20 heavy (non-hydrogen) atoms. The second-order valence-electron chi connectivity index (χ2n) is 4.59. The van der Waals surface area contributed by atoms with Crippen molar-refractivity contribution >= 4 is 39.9 Å². The van der Waals surface area contributed by atoms with Gasteiger partial charge in [0, 0.05) is 13.0 Å². The van der Waals surface area contributed by atoms with Crippen molar-refractivity contribution in [3.63, 3.8) is 0 Å². The average molecular weight is 316 g/mol. The number of nitrogens with one attached hydrogen (secondary N) is 2. The average Bonchev–Trinajstić information content (AvgIpc) is 3.01. The van der Waals surface area contributed by atoms with Gasteiger partial charge < -0.3 is 10.6 Å². The SMILES string of the molecule is Cl.O=C(NCc1nc2ccccc2s1)C1CC(F)CN1. The Morgan fingerprint density at radius 3 is 3.00 bits per heavy atom. The number of halogens is 2. The van der Waals surface area contributed by atoms with Gasteiger partial charge in [0.25, 0.3) is 0 Å². The minimum atomic E-state index is -0.918. The molecule has 1 aromatic carbocycles. The molecule has 2 atom stereocenters. The summed E-state index contributed by atoms with van der Waals surface area (Å²) in [7, 11) is 0. The summed E-state index contributed by atoms with van der Waals surface area (Å²) in [6.07, 6.45) is -0.663. The van der Waals surface area contributed by atoms with E-state index in [-0.39, 0.29) is 31.3 Å². The number of amides is 1. The second-order valence-corrected chi connectivity index (χ2v) is 5.70. The molecule has 0 spiro atoms. The normalized spacial score (nSPS) is 21.6. The number of para-hydroxylation sites is 1. The van der Waals surface area contributed by atoms with Crippen molar-refractivity contribution in [1.29, 1.82) is 0 Å². The number of hydrogen-bond acceptors (Lipinski definition) is 4. The van der Waals surface area contributed by atoms with Crippen LogP contribution in [0.15, 0.2) is 24.3 Å². The highest BCUT2D eigenvalue weighted by molar-refractivity contribution is 7.18. The van der Waals surface area contributed by atoms with E-state index in [9.17, 15) is 9.18 Å². The Labute approximate surface area is 126 Å². The molecule has 0 aliphatic carbocycles. The fourth-order valence-corrected chi connectivity index (χ4v) is 3.08. The van der Waals surface area contributed by atoms with Crippen LogP contribution in [0.5, 0.6) is 0 Å². The van der Waals surface area contributed by atoms with Crippen LogP contribution in [0.2, 0.25) is 0 Å². The van der Waals surface area contributed by atoms with Gasteiger partial charge >= 0.3 is 0 Å². The van der Waals surface area contributed by atoms with Crippen LogP contribution in [0, 0.1) is 0 Å². The third kappa shape index (κ3) is 3.26. The van der Waals surface area contributed by atoms with Crippen molar-refractivity contribution in [3.05, 3.63) is 29.3 Å². The predicted octanol–water partition coefficient (Wildman–Crippen LogP) is 2.03. The summed E-state index contributed by atoms with van der Waals surface area (Å²) in [5.41, 5.74) is 0.944. The van der Waals surface area contributed by atoms with Gasteiger partial charge in [-0.2, -0.15) is 0 Å². The van der Waals surface area contributed by atoms with Crippen LogP contribution in [0.25, 0.3) is 10.2 Å². The zero-order valence-corrected chi connectivity index (χ0v) is 12.3. The maximum absolute atomic E-state index is 13.0. The lowest BCUT2D eigenvalue weighted by atomic mass is 10.2. The maximum atomic E-state index is 13.0. The molecular formula is C13H15ClFN3OS. The molecule has 1 aromatic heterocycles. The molecule has 1 saturated heterocycles. The molecule has 2 unspecified atom stereocenters. The molecule has 0 saturated carbocycles. The number of aromatic nitrogens is 1. The van der Waals surface area contributed by atoms with E-state index in [1.165, 1.54) is 0 Å². The van der Waals surface area contributed by atoms with Gasteiger partial charge in [-0.15, -0.1) is 23.7 Å². The van der Waals surface area contributed by atoms with Gasteiger partial charge in [0.1, 0.15) is 11.2 Å². The number of carbonyl (C=O) groups is 1. The summed E-state index contributed by atoms with van der Waals surface area (Å²) < 4.78 is 14.1. The lowest BCUT2D eigenvalue weighted by molar-refractivity contribution is -0.123. The Bertz CT molecular complexity index is 573. The van der Waals surface area contributed by atoms with E-state index in [1.807, 2.05) is 24.3 Å². The molecular weight excluding hydrogens is 301 g/mol. The molecule has 7 heteroatoms. The van der Waals surface area contributed by atoms with E-state index >= 15 is 0 Å². The molecule has 1 aliphatic heterocycles. The Kier molecular flexibility index (Phi) is 4.91. The van der Waals surface area contributed by atoms with Gasteiger partial charge in [-0.3, -0.25) is 4.79 Å². The third-order valence-electron chi connectivity index (χ3n) is 3.15. The number of fused-ring (bicyclic) bond motifs is 1. The van der Waals surface area contributed by atoms with Crippen LogP contribution in [0.4, 0.5) is 4.39 Å². The lowest BCUT2D eigenvalue weighted by Crippen LogP contribution is -2.39. The second kappa shape index (κ2) is 6.47. The van der Waals surface area contributed by atoms with E-state index in [0.717, 1.165) is 15.2 Å². The first kappa shape index (κ1) is 15.2. The number of thiazole rings is 1. The highest BCUT2D eigenvalue weighted by Crippen LogP contribution is 2.21. The van der Waals surface area contributed by atoms with Gasteiger partial charge in [-0.1, -0.05) is 12.1 Å². The first-order valence-corrected chi connectivity index (χ1v) is 7.03. The van der Waals surface area contributed by atoms with E-state index < -0.39 is 12.2 Å². The van der Waals surface area contributed by atoms with Gasteiger partial charge in [0.2, 0.25) is 5.91 Å². The Balaban J connectivity index is 0.00000147. The third-order valence-corrected chi connectivity index (χ3v) is 4.18. The van der Waals surface area contributed by atoms with Gasteiger partial charge in [-0.25, -0.2) is 9.37 Å². The molecule has 1 amide bonds. The Morgan fingerprint density at radius 2 is 2.30 bits per heavy atom.